The molecule has 5 heteroatoms. The van der Waals surface area contributed by atoms with Gasteiger partial charge < -0.3 is 10.2 Å². The van der Waals surface area contributed by atoms with E-state index in [0.717, 1.165) is 37.5 Å². The molecule has 2 nitrogen and oxygen atoms in total. The third kappa shape index (κ3) is 3.74. The number of hydrogen-bond acceptors (Lipinski definition) is 2. The van der Waals surface area contributed by atoms with Gasteiger partial charge in [0.05, 0.1) is 6.10 Å². The van der Waals surface area contributed by atoms with Crippen LogP contribution in [0.15, 0.2) is 0 Å². The van der Waals surface area contributed by atoms with Crippen LogP contribution < -0.4 is 0 Å². The maximum Gasteiger partial charge on any atom is 0.414 e. The Balaban J connectivity index is 1.45. The van der Waals surface area contributed by atoms with Crippen LogP contribution in [0.1, 0.15) is 91.4 Å². The molecule has 0 aromatic rings. The van der Waals surface area contributed by atoms with Crippen molar-refractivity contribution in [3.8, 4) is 0 Å². The van der Waals surface area contributed by atoms with Crippen LogP contribution in [0.5, 0.6) is 0 Å². The minimum absolute atomic E-state index is 0.114. The van der Waals surface area contributed by atoms with Gasteiger partial charge in [0, 0.05) is 0 Å². The zero-order valence-corrected chi connectivity index (χ0v) is 18.9. The first-order valence-electron chi connectivity index (χ1n) is 12.4. The van der Waals surface area contributed by atoms with Crippen molar-refractivity contribution in [3.63, 3.8) is 0 Å². The average Bonchev–Trinajstić information content (AvgIpc) is 2.92. The van der Waals surface area contributed by atoms with Crippen molar-refractivity contribution in [3.05, 3.63) is 0 Å². The molecule has 0 aromatic heterocycles. The molecule has 174 valence electrons. The average molecular weight is 431 g/mol. The van der Waals surface area contributed by atoms with Crippen molar-refractivity contribution >= 4 is 0 Å². The molecule has 4 fully saturated rings. The predicted octanol–water partition coefficient (Wildman–Crippen LogP) is 6.35. The number of alkyl halides is 3. The Morgan fingerprint density at radius 1 is 0.967 bits per heavy atom. The molecule has 0 heterocycles. The van der Waals surface area contributed by atoms with Gasteiger partial charge in [-0.25, -0.2) is 0 Å². The Bertz CT molecular complexity index is 622. The minimum Gasteiger partial charge on any atom is -0.393 e. The molecule has 4 rings (SSSR count). The van der Waals surface area contributed by atoms with Crippen LogP contribution in [0.2, 0.25) is 0 Å². The molecule has 10 unspecified atom stereocenters. The van der Waals surface area contributed by atoms with Crippen LogP contribution in [-0.2, 0) is 0 Å². The van der Waals surface area contributed by atoms with Gasteiger partial charge in [0.15, 0.2) is 0 Å². The van der Waals surface area contributed by atoms with Crippen molar-refractivity contribution < 1.29 is 23.4 Å². The molecule has 0 bridgehead atoms. The fourth-order valence-electron chi connectivity index (χ4n) is 9.01. The van der Waals surface area contributed by atoms with Crippen LogP contribution >= 0.6 is 0 Å². The topological polar surface area (TPSA) is 40.5 Å². The van der Waals surface area contributed by atoms with Crippen LogP contribution in [0.25, 0.3) is 0 Å². The summed E-state index contributed by atoms with van der Waals surface area (Å²) in [6, 6.07) is 0. The zero-order valence-electron chi connectivity index (χ0n) is 18.9. The Kier molecular flexibility index (Phi) is 6.05. The van der Waals surface area contributed by atoms with E-state index >= 15 is 0 Å². The van der Waals surface area contributed by atoms with E-state index in [1.54, 1.807) is 0 Å². The summed E-state index contributed by atoms with van der Waals surface area (Å²) in [5.41, 5.74) is 0.600. The van der Waals surface area contributed by atoms with Crippen LogP contribution in [-0.4, -0.2) is 28.6 Å². The maximum absolute atomic E-state index is 12.7. The Morgan fingerprint density at radius 2 is 1.67 bits per heavy atom. The smallest absolute Gasteiger partial charge is 0.393 e. The predicted molar refractivity (Wildman–Crippen MR) is 112 cm³/mol. The molecular weight excluding hydrogens is 389 g/mol. The van der Waals surface area contributed by atoms with Crippen molar-refractivity contribution in [1.82, 2.24) is 0 Å². The highest BCUT2D eigenvalue weighted by Gasteiger charge is 2.61. The van der Waals surface area contributed by atoms with Crippen molar-refractivity contribution in [1.29, 1.82) is 0 Å². The van der Waals surface area contributed by atoms with Crippen LogP contribution in [0, 0.1) is 46.3 Å². The van der Waals surface area contributed by atoms with Crippen molar-refractivity contribution in [2.75, 3.05) is 0 Å². The first kappa shape index (κ1) is 22.9. The highest BCUT2D eigenvalue weighted by molar-refractivity contribution is 5.10. The first-order chi connectivity index (χ1) is 14.0. The molecule has 4 aliphatic rings. The number of halogens is 3. The van der Waals surface area contributed by atoms with E-state index in [1.807, 2.05) is 0 Å². The lowest BCUT2D eigenvalue weighted by Gasteiger charge is -2.61. The quantitative estimate of drug-likeness (QED) is 0.546. The second-order valence-electron chi connectivity index (χ2n) is 11.9. The highest BCUT2D eigenvalue weighted by atomic mass is 19.4. The molecule has 0 saturated heterocycles. The van der Waals surface area contributed by atoms with Gasteiger partial charge in [-0.3, -0.25) is 0 Å². The Morgan fingerprint density at radius 3 is 2.37 bits per heavy atom. The number of aliphatic hydroxyl groups excluding tert-OH is 2. The summed E-state index contributed by atoms with van der Waals surface area (Å²) in [6.07, 6.45) is 3.55. The summed E-state index contributed by atoms with van der Waals surface area (Å²) in [4.78, 5) is 0. The lowest BCUT2D eigenvalue weighted by molar-refractivity contribution is -0.206. The van der Waals surface area contributed by atoms with Gasteiger partial charge in [-0.05, 0) is 111 Å². The van der Waals surface area contributed by atoms with Crippen LogP contribution in [0.4, 0.5) is 13.2 Å². The standard InChI is InChI=1S/C25H41F3O2/c1-15-13-21-18-8-7-16-14-17(29)9-11-23(16,2)20(18)10-12-24(21,3)19(15)5-4-6-22(30)25(26,27)28/h15-22,29-30H,4-14H2,1-3H3. The lowest BCUT2D eigenvalue weighted by Crippen LogP contribution is -2.53. The number of hydrogen-bond donors (Lipinski definition) is 2. The van der Waals surface area contributed by atoms with Gasteiger partial charge in [-0.2, -0.15) is 13.2 Å². The molecule has 4 aliphatic carbocycles. The zero-order chi connectivity index (χ0) is 21.9. The molecular formula is C25H41F3O2. The largest absolute Gasteiger partial charge is 0.414 e. The molecule has 0 amide bonds. The SMILES string of the molecule is CC1CC2C3CCC4CC(O)CCC4(C)C3CCC2(C)C1CCCC(O)C(F)(F)F. The van der Waals surface area contributed by atoms with E-state index in [9.17, 15) is 23.4 Å². The summed E-state index contributed by atoms with van der Waals surface area (Å²) >= 11 is 0. The maximum atomic E-state index is 12.7. The number of rotatable bonds is 4. The molecule has 0 radical (unpaired) electrons. The van der Waals surface area contributed by atoms with E-state index in [4.69, 9.17) is 0 Å². The van der Waals surface area contributed by atoms with Crippen molar-refractivity contribution in [2.45, 2.75) is 110 Å². The van der Waals surface area contributed by atoms with E-state index < -0.39 is 12.3 Å². The summed E-state index contributed by atoms with van der Waals surface area (Å²) in [5, 5.41) is 19.6. The van der Waals surface area contributed by atoms with E-state index in [-0.39, 0.29) is 17.9 Å². The molecule has 0 aromatic carbocycles. The molecule has 0 aliphatic heterocycles. The molecule has 4 saturated carbocycles. The van der Waals surface area contributed by atoms with E-state index in [1.165, 1.54) is 32.1 Å². The van der Waals surface area contributed by atoms with E-state index in [2.05, 4.69) is 20.8 Å². The molecule has 30 heavy (non-hydrogen) atoms. The second-order valence-corrected chi connectivity index (χ2v) is 11.9. The Labute approximate surface area is 180 Å². The summed E-state index contributed by atoms with van der Waals surface area (Å²) in [6.45, 7) is 7.24. The normalized spacial score (nSPS) is 49.8. The lowest BCUT2D eigenvalue weighted by atomic mass is 9.44. The third-order valence-electron chi connectivity index (χ3n) is 10.6. The third-order valence-corrected chi connectivity index (χ3v) is 10.6. The van der Waals surface area contributed by atoms with Gasteiger partial charge >= 0.3 is 6.18 Å². The van der Waals surface area contributed by atoms with Gasteiger partial charge in [-0.15, -0.1) is 0 Å². The Hall–Kier alpha value is -0.290. The number of aliphatic hydroxyl groups is 2. The number of fused-ring (bicyclic) bond motifs is 5. The second kappa shape index (κ2) is 7.93. The summed E-state index contributed by atoms with van der Waals surface area (Å²) in [5.74, 6) is 3.87. The molecule has 2 N–H and O–H groups in total. The van der Waals surface area contributed by atoms with Gasteiger partial charge in [0.2, 0.25) is 0 Å². The fourth-order valence-corrected chi connectivity index (χ4v) is 9.01. The van der Waals surface area contributed by atoms with Gasteiger partial charge in [-0.1, -0.05) is 27.2 Å². The summed E-state index contributed by atoms with van der Waals surface area (Å²) < 4.78 is 38.1. The van der Waals surface area contributed by atoms with Crippen LogP contribution in [0.3, 0.4) is 0 Å². The first-order valence-corrected chi connectivity index (χ1v) is 12.4. The minimum atomic E-state index is -4.49. The van der Waals surface area contributed by atoms with Crippen molar-refractivity contribution in [2.24, 2.45) is 46.3 Å². The molecule has 0 spiro atoms. The van der Waals surface area contributed by atoms with Gasteiger partial charge in [0.25, 0.3) is 0 Å². The molecule has 10 atom stereocenters. The highest BCUT2D eigenvalue weighted by Crippen LogP contribution is 2.68. The fraction of sp³-hybridized carbons (Fsp3) is 1.00. The summed E-state index contributed by atoms with van der Waals surface area (Å²) in [7, 11) is 0. The van der Waals surface area contributed by atoms with Gasteiger partial charge in [0.1, 0.15) is 6.10 Å². The monoisotopic (exact) mass is 430 g/mol. The van der Waals surface area contributed by atoms with E-state index in [0.29, 0.717) is 35.5 Å².